The summed E-state index contributed by atoms with van der Waals surface area (Å²) in [5.74, 6) is 0.789. The zero-order valence-electron chi connectivity index (χ0n) is 16.3. The average Bonchev–Trinajstić information content (AvgIpc) is 2.73. The van der Waals surface area contributed by atoms with Crippen LogP contribution in [0.3, 0.4) is 0 Å². The van der Waals surface area contributed by atoms with E-state index >= 15 is 0 Å². The highest BCUT2D eigenvalue weighted by Crippen LogP contribution is 2.15. The fourth-order valence-corrected chi connectivity index (χ4v) is 3.28. The van der Waals surface area contributed by atoms with E-state index in [1.165, 1.54) is 5.56 Å². The highest BCUT2D eigenvalue weighted by Gasteiger charge is 2.19. The number of amides is 1. The highest BCUT2D eigenvalue weighted by atomic mass is 16.2. The molecule has 6 nitrogen and oxygen atoms in total. The third-order valence-corrected chi connectivity index (χ3v) is 5.01. The van der Waals surface area contributed by atoms with Crippen LogP contribution < -0.4 is 4.90 Å². The second-order valence-corrected chi connectivity index (χ2v) is 7.11. The van der Waals surface area contributed by atoms with Crippen LogP contribution in [0, 0.1) is 0 Å². The van der Waals surface area contributed by atoms with Crippen molar-refractivity contribution in [3.05, 3.63) is 53.7 Å². The molecule has 0 N–H and O–H groups in total. The normalized spacial score (nSPS) is 15.0. The number of rotatable bonds is 7. The van der Waals surface area contributed by atoms with Crippen LogP contribution in [0.1, 0.15) is 35.8 Å². The van der Waals surface area contributed by atoms with Crippen molar-refractivity contribution in [2.75, 3.05) is 44.7 Å². The minimum absolute atomic E-state index is 0.0600. The Kier molecular flexibility index (Phi) is 6.76. The third kappa shape index (κ3) is 5.26. The molecule has 0 saturated carbocycles. The monoisotopic (exact) mass is 367 g/mol. The van der Waals surface area contributed by atoms with Crippen molar-refractivity contribution < 1.29 is 4.79 Å². The van der Waals surface area contributed by atoms with Gasteiger partial charge in [-0.3, -0.25) is 9.69 Å². The van der Waals surface area contributed by atoms with Crippen molar-refractivity contribution in [1.82, 2.24) is 20.0 Å². The summed E-state index contributed by atoms with van der Waals surface area (Å²) in [6.45, 7) is 7.69. The van der Waals surface area contributed by atoms with Crippen molar-refractivity contribution in [3.8, 4) is 0 Å². The number of hydrogen-bond donors (Lipinski definition) is 0. The molecule has 1 aromatic heterocycles. The van der Waals surface area contributed by atoms with Crippen molar-refractivity contribution in [3.63, 3.8) is 0 Å². The number of hydrogen-bond acceptors (Lipinski definition) is 5. The summed E-state index contributed by atoms with van der Waals surface area (Å²) in [5.41, 5.74) is 1.76. The Morgan fingerprint density at radius 1 is 1.04 bits per heavy atom. The largest absolute Gasteiger partial charge is 0.353 e. The Balaban J connectivity index is 1.52. The second-order valence-electron chi connectivity index (χ2n) is 7.11. The Labute approximate surface area is 161 Å². The lowest BCUT2D eigenvalue weighted by molar-refractivity contribution is 0.0786. The van der Waals surface area contributed by atoms with E-state index in [0.717, 1.165) is 57.9 Å². The van der Waals surface area contributed by atoms with Gasteiger partial charge in [0.2, 0.25) is 0 Å². The molecule has 0 aliphatic carbocycles. The van der Waals surface area contributed by atoms with Gasteiger partial charge in [-0.05, 0) is 24.1 Å². The number of carbonyl (C=O) groups excluding carboxylic acids is 1. The van der Waals surface area contributed by atoms with Crippen LogP contribution in [-0.2, 0) is 6.54 Å². The Morgan fingerprint density at radius 2 is 1.78 bits per heavy atom. The molecule has 1 amide bonds. The van der Waals surface area contributed by atoms with Gasteiger partial charge in [0.05, 0.1) is 0 Å². The fourth-order valence-electron chi connectivity index (χ4n) is 3.28. The molecule has 6 heteroatoms. The number of anilines is 1. The lowest BCUT2D eigenvalue weighted by atomic mass is 10.2. The summed E-state index contributed by atoms with van der Waals surface area (Å²) in [5, 5.41) is 8.48. The van der Waals surface area contributed by atoms with Gasteiger partial charge in [-0.15, -0.1) is 10.2 Å². The van der Waals surface area contributed by atoms with Crippen molar-refractivity contribution in [2.45, 2.75) is 26.3 Å². The van der Waals surface area contributed by atoms with Crippen LogP contribution >= 0.6 is 0 Å². The third-order valence-electron chi connectivity index (χ3n) is 5.01. The lowest BCUT2D eigenvalue weighted by Gasteiger charge is -2.35. The van der Waals surface area contributed by atoms with Crippen LogP contribution in [0.15, 0.2) is 42.5 Å². The number of benzene rings is 1. The first-order valence-electron chi connectivity index (χ1n) is 9.78. The molecule has 144 valence electrons. The predicted octanol–water partition coefficient (Wildman–Crippen LogP) is 2.67. The maximum absolute atomic E-state index is 12.4. The standard InChI is InChI=1S/C21H29N5O/c1-3-4-12-24(2)21(27)19-10-11-20(23-22-19)26-15-13-25(14-16-26)17-18-8-6-5-7-9-18/h5-11H,3-4,12-17H2,1-2H3. The van der Waals surface area contributed by atoms with E-state index < -0.39 is 0 Å². The van der Waals surface area contributed by atoms with Crippen LogP contribution in [0.5, 0.6) is 0 Å². The fraction of sp³-hybridized carbons (Fsp3) is 0.476. The van der Waals surface area contributed by atoms with Gasteiger partial charge < -0.3 is 9.80 Å². The first-order valence-corrected chi connectivity index (χ1v) is 9.78. The average molecular weight is 367 g/mol. The second kappa shape index (κ2) is 9.46. The summed E-state index contributed by atoms with van der Waals surface area (Å²) < 4.78 is 0. The molecule has 3 rings (SSSR count). The minimum Gasteiger partial charge on any atom is -0.353 e. The SMILES string of the molecule is CCCCN(C)C(=O)c1ccc(N2CCN(Cc3ccccc3)CC2)nn1. The molecule has 0 radical (unpaired) electrons. The van der Waals surface area contributed by atoms with E-state index in [1.54, 1.807) is 11.0 Å². The number of aromatic nitrogens is 2. The summed E-state index contributed by atoms with van der Waals surface area (Å²) >= 11 is 0. The summed E-state index contributed by atoms with van der Waals surface area (Å²) in [6.07, 6.45) is 2.07. The van der Waals surface area contributed by atoms with E-state index in [2.05, 4.69) is 57.3 Å². The molecule has 27 heavy (non-hydrogen) atoms. The van der Waals surface area contributed by atoms with Crippen molar-refractivity contribution in [1.29, 1.82) is 0 Å². The number of unbranched alkanes of at least 4 members (excludes halogenated alkanes) is 1. The van der Waals surface area contributed by atoms with Crippen LogP contribution in [0.25, 0.3) is 0 Å². The summed E-state index contributed by atoms with van der Waals surface area (Å²) in [6, 6.07) is 14.3. The minimum atomic E-state index is -0.0600. The zero-order chi connectivity index (χ0) is 19.1. The van der Waals surface area contributed by atoms with E-state index in [0.29, 0.717) is 5.69 Å². The van der Waals surface area contributed by atoms with E-state index in [9.17, 15) is 4.79 Å². The molecular formula is C21H29N5O. The van der Waals surface area contributed by atoms with E-state index in [4.69, 9.17) is 0 Å². The Hall–Kier alpha value is -2.47. The van der Waals surface area contributed by atoms with E-state index in [-0.39, 0.29) is 5.91 Å². The topological polar surface area (TPSA) is 52.6 Å². The molecule has 0 atom stereocenters. The summed E-state index contributed by atoms with van der Waals surface area (Å²) in [4.78, 5) is 18.8. The lowest BCUT2D eigenvalue weighted by Crippen LogP contribution is -2.46. The van der Waals surface area contributed by atoms with Gasteiger partial charge >= 0.3 is 0 Å². The van der Waals surface area contributed by atoms with E-state index in [1.807, 2.05) is 13.1 Å². The van der Waals surface area contributed by atoms with Crippen molar-refractivity contribution in [2.24, 2.45) is 0 Å². The van der Waals surface area contributed by atoms with Gasteiger partial charge in [-0.1, -0.05) is 43.7 Å². The number of piperazine rings is 1. The highest BCUT2D eigenvalue weighted by molar-refractivity contribution is 5.92. The Bertz CT molecular complexity index is 711. The molecule has 0 spiro atoms. The van der Waals surface area contributed by atoms with Crippen LogP contribution in [-0.4, -0.2) is 65.7 Å². The molecule has 0 unspecified atom stereocenters. The molecule has 1 fully saturated rings. The number of nitrogens with zero attached hydrogens (tertiary/aromatic N) is 5. The predicted molar refractivity (Wildman–Crippen MR) is 108 cm³/mol. The molecule has 1 aliphatic heterocycles. The van der Waals surface area contributed by atoms with Gasteiger partial charge in [-0.2, -0.15) is 0 Å². The quantitative estimate of drug-likeness (QED) is 0.753. The van der Waals surface area contributed by atoms with Gasteiger partial charge in [0, 0.05) is 46.3 Å². The summed E-state index contributed by atoms with van der Waals surface area (Å²) in [7, 11) is 1.82. The molecule has 0 bridgehead atoms. The maximum atomic E-state index is 12.4. The Morgan fingerprint density at radius 3 is 2.41 bits per heavy atom. The molecule has 2 aromatic rings. The smallest absolute Gasteiger partial charge is 0.274 e. The first-order chi connectivity index (χ1) is 13.2. The zero-order valence-corrected chi connectivity index (χ0v) is 16.3. The number of carbonyl (C=O) groups is 1. The first kappa shape index (κ1) is 19.3. The van der Waals surface area contributed by atoms with Crippen LogP contribution in [0.2, 0.25) is 0 Å². The molecule has 1 saturated heterocycles. The van der Waals surface area contributed by atoms with Gasteiger partial charge in [0.25, 0.3) is 5.91 Å². The molecular weight excluding hydrogens is 338 g/mol. The van der Waals surface area contributed by atoms with Gasteiger partial charge in [0.1, 0.15) is 0 Å². The molecule has 1 aromatic carbocycles. The van der Waals surface area contributed by atoms with Crippen molar-refractivity contribution >= 4 is 11.7 Å². The van der Waals surface area contributed by atoms with Gasteiger partial charge in [-0.25, -0.2) is 0 Å². The molecule has 1 aliphatic rings. The van der Waals surface area contributed by atoms with Crippen LogP contribution in [0.4, 0.5) is 5.82 Å². The molecule has 2 heterocycles. The maximum Gasteiger partial charge on any atom is 0.274 e. The van der Waals surface area contributed by atoms with Gasteiger partial charge in [0.15, 0.2) is 11.5 Å².